The number of aryl methyl sites for hydroxylation is 1. The third-order valence-corrected chi connectivity index (χ3v) is 6.22. The summed E-state index contributed by atoms with van der Waals surface area (Å²) in [7, 11) is -2.06. The highest BCUT2D eigenvalue weighted by molar-refractivity contribution is 7.89. The summed E-state index contributed by atoms with van der Waals surface area (Å²) in [6.07, 6.45) is 1.69. The maximum atomic E-state index is 12.9. The molecule has 0 saturated heterocycles. The average Bonchev–Trinajstić information content (AvgIpc) is 3.51. The number of hydrogen-bond donors (Lipinski definition) is 2. The SMILES string of the molecule is COc1cccc2c(NC(=O)c3cccc(S(=O)(=O)NC4CC4)c3)cc(C)nc12. The van der Waals surface area contributed by atoms with Crippen LogP contribution in [0.4, 0.5) is 5.69 Å². The van der Waals surface area contributed by atoms with Crippen LogP contribution in [-0.2, 0) is 10.0 Å². The fraction of sp³-hybridized carbons (Fsp3) is 0.238. The van der Waals surface area contributed by atoms with Crippen LogP contribution in [-0.4, -0.2) is 32.5 Å². The predicted molar refractivity (Wildman–Crippen MR) is 111 cm³/mol. The second-order valence-corrected chi connectivity index (χ2v) is 8.76. The van der Waals surface area contributed by atoms with E-state index in [1.807, 2.05) is 25.1 Å². The summed E-state index contributed by atoms with van der Waals surface area (Å²) >= 11 is 0. The summed E-state index contributed by atoms with van der Waals surface area (Å²) in [6.45, 7) is 1.83. The molecule has 1 amide bonds. The van der Waals surface area contributed by atoms with Gasteiger partial charge in [0, 0.05) is 22.7 Å². The molecule has 1 aliphatic carbocycles. The highest BCUT2D eigenvalue weighted by atomic mass is 32.2. The summed E-state index contributed by atoms with van der Waals surface area (Å²) in [5.41, 5.74) is 2.22. The number of fused-ring (bicyclic) bond motifs is 1. The maximum Gasteiger partial charge on any atom is 0.255 e. The Morgan fingerprint density at radius 2 is 1.90 bits per heavy atom. The molecule has 0 aliphatic heterocycles. The first-order valence-corrected chi connectivity index (χ1v) is 10.7. The van der Waals surface area contributed by atoms with Gasteiger partial charge in [-0.2, -0.15) is 0 Å². The Hall–Kier alpha value is -2.97. The number of hydrogen-bond acceptors (Lipinski definition) is 5. The summed E-state index contributed by atoms with van der Waals surface area (Å²) in [5.74, 6) is 0.212. The van der Waals surface area contributed by atoms with Crippen LogP contribution in [0.25, 0.3) is 10.9 Å². The Kier molecular flexibility index (Phi) is 4.97. The fourth-order valence-corrected chi connectivity index (χ4v) is 4.46. The van der Waals surface area contributed by atoms with Crippen molar-refractivity contribution in [1.29, 1.82) is 0 Å². The average molecular weight is 411 g/mol. The number of carbonyl (C=O) groups excluding carboxylic acids is 1. The van der Waals surface area contributed by atoms with Gasteiger partial charge in [-0.25, -0.2) is 18.1 Å². The van der Waals surface area contributed by atoms with Crippen molar-refractivity contribution in [2.45, 2.75) is 30.7 Å². The molecule has 1 aromatic heterocycles. The Labute approximate surface area is 169 Å². The maximum absolute atomic E-state index is 12.9. The van der Waals surface area contributed by atoms with Crippen molar-refractivity contribution in [2.24, 2.45) is 0 Å². The normalized spacial score (nSPS) is 14.0. The van der Waals surface area contributed by atoms with E-state index in [-0.39, 0.29) is 16.5 Å². The molecule has 0 unspecified atom stereocenters. The first kappa shape index (κ1) is 19.4. The number of nitrogens with one attached hydrogen (secondary N) is 2. The molecular formula is C21H21N3O4S. The third-order valence-electron chi connectivity index (χ3n) is 4.70. The molecule has 150 valence electrons. The Morgan fingerprint density at radius 3 is 2.62 bits per heavy atom. The van der Waals surface area contributed by atoms with Crippen molar-refractivity contribution in [3.05, 3.63) is 59.8 Å². The smallest absolute Gasteiger partial charge is 0.255 e. The number of anilines is 1. The van der Waals surface area contributed by atoms with Gasteiger partial charge in [0.15, 0.2) is 0 Å². The van der Waals surface area contributed by atoms with E-state index in [1.54, 1.807) is 25.3 Å². The molecule has 1 fully saturated rings. The number of methoxy groups -OCH3 is 1. The number of amides is 1. The Morgan fingerprint density at radius 1 is 1.14 bits per heavy atom. The number of benzene rings is 2. The van der Waals surface area contributed by atoms with Crippen LogP contribution in [0.15, 0.2) is 53.4 Å². The topological polar surface area (TPSA) is 97.4 Å². The van der Waals surface area contributed by atoms with E-state index in [0.29, 0.717) is 17.0 Å². The van der Waals surface area contributed by atoms with Crippen LogP contribution in [0.2, 0.25) is 0 Å². The minimum atomic E-state index is -3.63. The molecule has 0 atom stereocenters. The van der Waals surface area contributed by atoms with E-state index in [1.165, 1.54) is 12.1 Å². The summed E-state index contributed by atoms with van der Waals surface area (Å²) in [6, 6.07) is 13.3. The highest BCUT2D eigenvalue weighted by Crippen LogP contribution is 2.30. The fourth-order valence-electron chi connectivity index (χ4n) is 3.11. The molecular weight excluding hydrogens is 390 g/mol. The second-order valence-electron chi connectivity index (χ2n) is 7.05. The van der Waals surface area contributed by atoms with Gasteiger partial charge in [0.1, 0.15) is 11.3 Å². The van der Waals surface area contributed by atoms with Gasteiger partial charge in [0.25, 0.3) is 5.91 Å². The van der Waals surface area contributed by atoms with E-state index in [2.05, 4.69) is 15.0 Å². The van der Waals surface area contributed by atoms with E-state index in [4.69, 9.17) is 4.74 Å². The quantitative estimate of drug-likeness (QED) is 0.649. The van der Waals surface area contributed by atoms with Gasteiger partial charge in [-0.15, -0.1) is 0 Å². The number of pyridine rings is 1. The zero-order chi connectivity index (χ0) is 20.6. The lowest BCUT2D eigenvalue weighted by atomic mass is 10.1. The molecule has 7 nitrogen and oxygen atoms in total. The predicted octanol–water partition coefficient (Wildman–Crippen LogP) is 3.24. The van der Waals surface area contributed by atoms with Crippen molar-refractivity contribution < 1.29 is 17.9 Å². The summed E-state index contributed by atoms with van der Waals surface area (Å²) < 4.78 is 32.9. The van der Waals surface area contributed by atoms with Crippen molar-refractivity contribution >= 4 is 32.5 Å². The second kappa shape index (κ2) is 7.46. The van der Waals surface area contributed by atoms with Crippen molar-refractivity contribution in [3.8, 4) is 5.75 Å². The molecule has 8 heteroatoms. The van der Waals surface area contributed by atoms with E-state index >= 15 is 0 Å². The Bertz CT molecular complexity index is 1200. The number of rotatable bonds is 6. The molecule has 1 aliphatic rings. The van der Waals surface area contributed by atoms with Crippen LogP contribution in [0.5, 0.6) is 5.75 Å². The first-order valence-electron chi connectivity index (χ1n) is 9.25. The van der Waals surface area contributed by atoms with Gasteiger partial charge in [-0.3, -0.25) is 4.79 Å². The molecule has 0 spiro atoms. The van der Waals surface area contributed by atoms with Crippen LogP contribution in [0, 0.1) is 6.92 Å². The van der Waals surface area contributed by atoms with Gasteiger partial charge in [-0.05, 0) is 50.1 Å². The zero-order valence-electron chi connectivity index (χ0n) is 16.1. The molecule has 29 heavy (non-hydrogen) atoms. The minimum Gasteiger partial charge on any atom is -0.494 e. The lowest BCUT2D eigenvalue weighted by molar-refractivity contribution is 0.102. The molecule has 2 aromatic carbocycles. The minimum absolute atomic E-state index is 0.00128. The highest BCUT2D eigenvalue weighted by Gasteiger charge is 2.28. The van der Waals surface area contributed by atoms with Crippen molar-refractivity contribution in [1.82, 2.24) is 9.71 Å². The molecule has 1 heterocycles. The van der Waals surface area contributed by atoms with Gasteiger partial charge < -0.3 is 10.1 Å². The molecule has 1 saturated carbocycles. The van der Waals surface area contributed by atoms with Gasteiger partial charge in [0.2, 0.25) is 10.0 Å². The van der Waals surface area contributed by atoms with Gasteiger partial charge >= 0.3 is 0 Å². The van der Waals surface area contributed by atoms with Crippen molar-refractivity contribution in [2.75, 3.05) is 12.4 Å². The lowest BCUT2D eigenvalue weighted by Crippen LogP contribution is -2.26. The number of ether oxygens (including phenoxy) is 1. The number of para-hydroxylation sites is 1. The molecule has 3 aromatic rings. The molecule has 0 bridgehead atoms. The third kappa shape index (κ3) is 4.08. The van der Waals surface area contributed by atoms with Crippen LogP contribution in [0.3, 0.4) is 0 Å². The van der Waals surface area contributed by atoms with E-state index in [0.717, 1.165) is 23.9 Å². The zero-order valence-corrected chi connectivity index (χ0v) is 16.9. The van der Waals surface area contributed by atoms with E-state index in [9.17, 15) is 13.2 Å². The number of nitrogens with zero attached hydrogens (tertiary/aromatic N) is 1. The standard InChI is InChI=1S/C21H21N3O4S/c1-13-11-18(17-7-4-8-19(28-2)20(17)22-13)23-21(25)14-5-3-6-16(12-14)29(26,27)24-15-9-10-15/h3-8,11-12,15,24H,9-10H2,1-2H3,(H,22,23,25). The van der Waals surface area contributed by atoms with Gasteiger partial charge in [-0.1, -0.05) is 18.2 Å². The van der Waals surface area contributed by atoms with Crippen LogP contribution in [0.1, 0.15) is 28.9 Å². The number of aromatic nitrogens is 1. The monoisotopic (exact) mass is 411 g/mol. The Balaban J connectivity index is 1.66. The largest absolute Gasteiger partial charge is 0.494 e. The summed E-state index contributed by atoms with van der Waals surface area (Å²) in [4.78, 5) is 17.4. The lowest BCUT2D eigenvalue weighted by Gasteiger charge is -2.12. The summed E-state index contributed by atoms with van der Waals surface area (Å²) in [5, 5.41) is 3.61. The molecule has 4 rings (SSSR count). The molecule has 0 radical (unpaired) electrons. The van der Waals surface area contributed by atoms with Crippen molar-refractivity contribution in [3.63, 3.8) is 0 Å². The van der Waals surface area contributed by atoms with Crippen LogP contribution >= 0.6 is 0 Å². The van der Waals surface area contributed by atoms with Crippen LogP contribution < -0.4 is 14.8 Å². The number of sulfonamides is 1. The van der Waals surface area contributed by atoms with E-state index < -0.39 is 15.9 Å². The molecule has 2 N–H and O–H groups in total. The van der Waals surface area contributed by atoms with Gasteiger partial charge in [0.05, 0.1) is 17.7 Å². The first-order chi connectivity index (χ1) is 13.9. The number of carbonyl (C=O) groups is 1.